The van der Waals surface area contributed by atoms with Crippen molar-refractivity contribution in [3.63, 3.8) is 0 Å². The van der Waals surface area contributed by atoms with Crippen molar-refractivity contribution >= 4 is 27.5 Å². The number of aryl methyl sites for hydroxylation is 1. The minimum atomic E-state index is -0.328. The maximum absolute atomic E-state index is 13.8. The predicted molar refractivity (Wildman–Crippen MR) is 69.6 cm³/mol. The molecule has 0 saturated heterocycles. The summed E-state index contributed by atoms with van der Waals surface area (Å²) in [6, 6.07) is 4.72. The van der Waals surface area contributed by atoms with Crippen molar-refractivity contribution in [3.05, 3.63) is 45.0 Å². The fraction of sp³-hybridized carbons (Fsp3) is 0.167. The van der Waals surface area contributed by atoms with E-state index in [1.54, 1.807) is 26.0 Å². The van der Waals surface area contributed by atoms with Crippen molar-refractivity contribution in [1.29, 1.82) is 0 Å². The molecule has 1 aromatic carbocycles. The van der Waals surface area contributed by atoms with Crippen molar-refractivity contribution < 1.29 is 4.39 Å². The van der Waals surface area contributed by atoms with Gasteiger partial charge >= 0.3 is 0 Å². The summed E-state index contributed by atoms with van der Waals surface area (Å²) in [4.78, 5) is 8.28. The Labute approximate surface area is 112 Å². The summed E-state index contributed by atoms with van der Waals surface area (Å²) in [5, 5.41) is 0.354. The number of halogens is 3. The molecular formula is C12H9BrClFN2. The minimum absolute atomic E-state index is 0.328. The van der Waals surface area contributed by atoms with Crippen LogP contribution in [0, 0.1) is 19.7 Å². The van der Waals surface area contributed by atoms with Gasteiger partial charge in [-0.15, -0.1) is 0 Å². The van der Waals surface area contributed by atoms with Crippen molar-refractivity contribution in [2.45, 2.75) is 13.8 Å². The lowest BCUT2D eigenvalue weighted by atomic mass is 10.1. The van der Waals surface area contributed by atoms with Crippen LogP contribution in [-0.4, -0.2) is 9.97 Å². The van der Waals surface area contributed by atoms with Crippen LogP contribution in [0.2, 0.25) is 5.15 Å². The quantitative estimate of drug-likeness (QED) is 0.733. The monoisotopic (exact) mass is 314 g/mol. The summed E-state index contributed by atoms with van der Waals surface area (Å²) in [7, 11) is 0. The second-order valence-corrected chi connectivity index (χ2v) is 4.93. The van der Waals surface area contributed by atoms with Gasteiger partial charge in [0.15, 0.2) is 0 Å². The van der Waals surface area contributed by atoms with Crippen LogP contribution in [0.25, 0.3) is 11.3 Å². The molecule has 0 aliphatic rings. The van der Waals surface area contributed by atoms with E-state index in [-0.39, 0.29) is 5.82 Å². The second kappa shape index (κ2) is 4.70. The summed E-state index contributed by atoms with van der Waals surface area (Å²) in [5.41, 5.74) is 1.62. The Bertz CT molecular complexity index is 587. The summed E-state index contributed by atoms with van der Waals surface area (Å²) >= 11 is 9.29. The van der Waals surface area contributed by atoms with Crippen LogP contribution < -0.4 is 0 Å². The van der Waals surface area contributed by atoms with Gasteiger partial charge in [0, 0.05) is 15.6 Å². The van der Waals surface area contributed by atoms with Crippen molar-refractivity contribution in [1.82, 2.24) is 9.97 Å². The molecule has 0 atom stereocenters. The number of aromatic nitrogens is 2. The molecule has 0 radical (unpaired) electrons. The molecule has 2 nitrogen and oxygen atoms in total. The van der Waals surface area contributed by atoms with E-state index in [9.17, 15) is 4.39 Å². The molecule has 1 heterocycles. The van der Waals surface area contributed by atoms with Gasteiger partial charge < -0.3 is 0 Å². The van der Waals surface area contributed by atoms with Gasteiger partial charge in [0.25, 0.3) is 0 Å². The lowest BCUT2D eigenvalue weighted by Crippen LogP contribution is -1.98. The highest BCUT2D eigenvalue weighted by Gasteiger charge is 2.13. The van der Waals surface area contributed by atoms with E-state index in [1.807, 2.05) is 0 Å². The largest absolute Gasteiger partial charge is 0.233 e. The van der Waals surface area contributed by atoms with E-state index in [0.29, 0.717) is 27.8 Å². The van der Waals surface area contributed by atoms with Gasteiger partial charge in [-0.2, -0.15) is 0 Å². The fourth-order valence-corrected chi connectivity index (χ4v) is 2.11. The van der Waals surface area contributed by atoms with Crippen LogP contribution >= 0.6 is 27.5 Å². The molecule has 0 aliphatic heterocycles. The third-order valence-corrected chi connectivity index (χ3v) is 3.24. The molecule has 0 amide bonds. The van der Waals surface area contributed by atoms with E-state index in [1.165, 1.54) is 6.07 Å². The maximum Gasteiger partial charge on any atom is 0.136 e. The Morgan fingerprint density at radius 2 is 1.94 bits per heavy atom. The van der Waals surface area contributed by atoms with Crippen molar-refractivity contribution in [3.8, 4) is 11.3 Å². The summed E-state index contributed by atoms with van der Waals surface area (Å²) < 4.78 is 14.6. The van der Waals surface area contributed by atoms with Crippen LogP contribution in [0.5, 0.6) is 0 Å². The molecule has 0 bridgehead atoms. The molecule has 0 aliphatic carbocycles. The molecule has 88 valence electrons. The smallest absolute Gasteiger partial charge is 0.136 e. The highest BCUT2D eigenvalue weighted by molar-refractivity contribution is 9.10. The lowest BCUT2D eigenvalue weighted by molar-refractivity contribution is 0.630. The molecule has 2 aromatic rings. The van der Waals surface area contributed by atoms with Gasteiger partial charge in [0.2, 0.25) is 0 Å². The fourth-order valence-electron chi connectivity index (χ4n) is 1.54. The Balaban J connectivity index is 2.72. The van der Waals surface area contributed by atoms with E-state index < -0.39 is 0 Å². The van der Waals surface area contributed by atoms with Gasteiger partial charge in [-0.05, 0) is 32.0 Å². The van der Waals surface area contributed by atoms with Crippen LogP contribution in [-0.2, 0) is 0 Å². The molecule has 0 fully saturated rings. The summed E-state index contributed by atoms with van der Waals surface area (Å²) in [6.45, 7) is 3.50. The standard InChI is InChI=1S/C12H9BrClFN2/c1-6-11(16-7(2)17-12(6)14)9-5-8(13)3-4-10(9)15/h3-5H,1-2H3. The van der Waals surface area contributed by atoms with Gasteiger partial charge in [-0.1, -0.05) is 27.5 Å². The Morgan fingerprint density at radius 3 is 2.65 bits per heavy atom. The van der Waals surface area contributed by atoms with Gasteiger partial charge in [-0.3, -0.25) is 0 Å². The highest BCUT2D eigenvalue weighted by atomic mass is 79.9. The number of hydrogen-bond acceptors (Lipinski definition) is 2. The first kappa shape index (κ1) is 12.5. The molecule has 5 heteroatoms. The number of rotatable bonds is 1. The zero-order valence-electron chi connectivity index (χ0n) is 9.26. The average molecular weight is 316 g/mol. The first-order chi connectivity index (χ1) is 7.99. The summed E-state index contributed by atoms with van der Waals surface area (Å²) in [5.74, 6) is 0.195. The molecule has 0 spiro atoms. The van der Waals surface area contributed by atoms with Crippen molar-refractivity contribution in [2.75, 3.05) is 0 Å². The second-order valence-electron chi connectivity index (χ2n) is 3.66. The topological polar surface area (TPSA) is 25.8 Å². The third-order valence-electron chi connectivity index (χ3n) is 2.38. The molecule has 0 N–H and O–H groups in total. The van der Waals surface area contributed by atoms with E-state index in [0.717, 1.165) is 4.47 Å². The Hall–Kier alpha value is -1.00. The lowest BCUT2D eigenvalue weighted by Gasteiger charge is -2.09. The number of hydrogen-bond donors (Lipinski definition) is 0. The van der Waals surface area contributed by atoms with Crippen LogP contribution in [0.1, 0.15) is 11.4 Å². The van der Waals surface area contributed by atoms with E-state index in [2.05, 4.69) is 25.9 Å². The predicted octanol–water partition coefficient (Wildman–Crippen LogP) is 4.32. The van der Waals surface area contributed by atoms with Crippen molar-refractivity contribution in [2.24, 2.45) is 0 Å². The zero-order chi connectivity index (χ0) is 12.6. The zero-order valence-corrected chi connectivity index (χ0v) is 11.6. The molecular weight excluding hydrogens is 307 g/mol. The van der Waals surface area contributed by atoms with Gasteiger partial charge in [-0.25, -0.2) is 14.4 Å². The first-order valence-electron chi connectivity index (χ1n) is 4.95. The highest BCUT2D eigenvalue weighted by Crippen LogP contribution is 2.29. The molecule has 2 rings (SSSR count). The van der Waals surface area contributed by atoms with Gasteiger partial charge in [0.1, 0.15) is 16.8 Å². The minimum Gasteiger partial charge on any atom is -0.233 e. The van der Waals surface area contributed by atoms with Crippen LogP contribution in [0.3, 0.4) is 0 Å². The SMILES string of the molecule is Cc1nc(Cl)c(C)c(-c2cc(Br)ccc2F)n1. The van der Waals surface area contributed by atoms with Gasteiger partial charge in [0.05, 0.1) is 5.69 Å². The molecule has 0 saturated carbocycles. The van der Waals surface area contributed by atoms with E-state index in [4.69, 9.17) is 11.6 Å². The normalized spacial score (nSPS) is 10.6. The maximum atomic E-state index is 13.8. The first-order valence-corrected chi connectivity index (χ1v) is 6.12. The van der Waals surface area contributed by atoms with Crippen LogP contribution in [0.15, 0.2) is 22.7 Å². The molecule has 17 heavy (non-hydrogen) atoms. The molecule has 1 aromatic heterocycles. The third kappa shape index (κ3) is 2.48. The Kier molecular flexibility index (Phi) is 3.45. The average Bonchev–Trinajstić information content (AvgIpc) is 2.27. The number of nitrogens with zero attached hydrogens (tertiary/aromatic N) is 2. The Morgan fingerprint density at radius 1 is 1.24 bits per heavy atom. The molecule has 0 unspecified atom stereocenters. The van der Waals surface area contributed by atoms with E-state index >= 15 is 0 Å². The summed E-state index contributed by atoms with van der Waals surface area (Å²) in [6.07, 6.45) is 0. The van der Waals surface area contributed by atoms with Crippen LogP contribution in [0.4, 0.5) is 4.39 Å². The number of benzene rings is 1.